The molecule has 0 saturated heterocycles. The first-order chi connectivity index (χ1) is 12.1. The summed E-state index contributed by atoms with van der Waals surface area (Å²) in [5.41, 5.74) is 2.19. The molecular weight excluding hydrogens is 404 g/mol. The molecule has 1 N–H and O–H groups in total. The maximum absolute atomic E-state index is 12.5. The normalized spacial score (nSPS) is 10.4. The lowest BCUT2D eigenvalue weighted by molar-refractivity contribution is 0.102. The van der Waals surface area contributed by atoms with E-state index in [0.717, 1.165) is 17.0 Å². The van der Waals surface area contributed by atoms with Crippen molar-refractivity contribution in [2.45, 2.75) is 0 Å². The first-order valence-corrected chi connectivity index (χ1v) is 9.03. The Morgan fingerprint density at radius 1 is 1.12 bits per heavy atom. The van der Waals surface area contributed by atoms with Gasteiger partial charge in [0.05, 0.1) is 25.5 Å². The van der Waals surface area contributed by atoms with Crippen LogP contribution in [0.1, 0.15) is 10.4 Å². The van der Waals surface area contributed by atoms with Crippen molar-refractivity contribution in [3.8, 4) is 22.8 Å². The molecule has 0 unspecified atom stereocenters. The molecule has 3 aromatic rings. The Morgan fingerprint density at radius 2 is 1.88 bits per heavy atom. The van der Waals surface area contributed by atoms with Gasteiger partial charge in [-0.15, -0.1) is 11.3 Å². The first kappa shape index (κ1) is 17.4. The molecule has 7 heteroatoms. The number of carbonyl (C=O) groups is 1. The van der Waals surface area contributed by atoms with Crippen LogP contribution in [0.3, 0.4) is 0 Å². The van der Waals surface area contributed by atoms with Crippen LogP contribution in [0.25, 0.3) is 11.3 Å². The van der Waals surface area contributed by atoms with Crippen LogP contribution in [-0.4, -0.2) is 25.1 Å². The number of benzene rings is 2. The largest absolute Gasteiger partial charge is 0.497 e. The third-order valence-corrected chi connectivity index (χ3v) is 4.96. The molecule has 0 aliphatic heterocycles. The summed E-state index contributed by atoms with van der Waals surface area (Å²) in [4.78, 5) is 17.0. The Hall–Kier alpha value is -2.38. The zero-order valence-electron chi connectivity index (χ0n) is 13.6. The monoisotopic (exact) mass is 418 g/mol. The molecule has 128 valence electrons. The summed E-state index contributed by atoms with van der Waals surface area (Å²) in [6, 6.07) is 12.9. The third-order valence-electron chi connectivity index (χ3n) is 3.51. The van der Waals surface area contributed by atoms with E-state index in [1.165, 1.54) is 11.3 Å². The molecule has 0 atom stereocenters. The molecule has 1 amide bonds. The van der Waals surface area contributed by atoms with Crippen molar-refractivity contribution in [1.29, 1.82) is 0 Å². The van der Waals surface area contributed by atoms with Gasteiger partial charge in [-0.1, -0.05) is 12.1 Å². The summed E-state index contributed by atoms with van der Waals surface area (Å²) >= 11 is 4.75. The summed E-state index contributed by atoms with van der Waals surface area (Å²) in [5.74, 6) is 1.12. The predicted octanol–water partition coefficient (Wildman–Crippen LogP) is 4.84. The molecule has 0 fully saturated rings. The summed E-state index contributed by atoms with van der Waals surface area (Å²) in [7, 11) is 3.18. The summed E-state index contributed by atoms with van der Waals surface area (Å²) in [6.07, 6.45) is 0. The van der Waals surface area contributed by atoms with E-state index < -0.39 is 0 Å². The zero-order chi connectivity index (χ0) is 17.8. The Morgan fingerprint density at radius 3 is 2.64 bits per heavy atom. The molecule has 0 radical (unpaired) electrons. The molecular formula is C18H15BrN2O3S. The predicted molar refractivity (Wildman–Crippen MR) is 103 cm³/mol. The molecule has 0 aliphatic rings. The van der Waals surface area contributed by atoms with Gasteiger partial charge in [-0.25, -0.2) is 4.98 Å². The van der Waals surface area contributed by atoms with Gasteiger partial charge in [0.2, 0.25) is 0 Å². The van der Waals surface area contributed by atoms with Crippen molar-refractivity contribution in [3.05, 3.63) is 57.9 Å². The lowest BCUT2D eigenvalue weighted by atomic mass is 10.2. The van der Waals surface area contributed by atoms with E-state index in [9.17, 15) is 4.79 Å². The van der Waals surface area contributed by atoms with Gasteiger partial charge in [-0.05, 0) is 46.3 Å². The number of aromatic nitrogens is 1. The molecule has 5 nitrogen and oxygen atoms in total. The van der Waals surface area contributed by atoms with Crippen LogP contribution in [-0.2, 0) is 0 Å². The Bertz CT molecular complexity index is 911. The van der Waals surface area contributed by atoms with Crippen LogP contribution in [0, 0.1) is 0 Å². The Balaban J connectivity index is 1.80. The molecule has 25 heavy (non-hydrogen) atoms. The number of halogens is 1. The summed E-state index contributed by atoms with van der Waals surface area (Å²) in [5, 5.41) is 5.24. The molecule has 0 bridgehead atoms. The Kier molecular flexibility index (Phi) is 5.35. The minimum atomic E-state index is -0.252. The van der Waals surface area contributed by atoms with Gasteiger partial charge in [-0.2, -0.15) is 0 Å². The lowest BCUT2D eigenvalue weighted by Gasteiger charge is -2.07. The number of carbonyl (C=O) groups excluding carboxylic acids is 1. The van der Waals surface area contributed by atoms with E-state index in [2.05, 4.69) is 26.2 Å². The average molecular weight is 419 g/mol. The fourth-order valence-corrected chi connectivity index (χ4v) is 3.36. The van der Waals surface area contributed by atoms with Crippen molar-refractivity contribution in [2.75, 3.05) is 19.5 Å². The van der Waals surface area contributed by atoms with Gasteiger partial charge in [-0.3, -0.25) is 10.1 Å². The fraction of sp³-hybridized carbons (Fsp3) is 0.111. The highest BCUT2D eigenvalue weighted by atomic mass is 79.9. The topological polar surface area (TPSA) is 60.5 Å². The summed E-state index contributed by atoms with van der Waals surface area (Å²) in [6.45, 7) is 0. The first-order valence-electron chi connectivity index (χ1n) is 7.35. The lowest BCUT2D eigenvalue weighted by Crippen LogP contribution is -2.12. The SMILES string of the molecule is COc1cccc(-c2csc(NC(=O)c3cc(OC)ccc3Br)n2)c1. The molecule has 0 spiro atoms. The number of anilines is 1. The van der Waals surface area contributed by atoms with Gasteiger partial charge in [0.15, 0.2) is 5.13 Å². The van der Waals surface area contributed by atoms with Gasteiger partial charge in [0, 0.05) is 15.4 Å². The fourth-order valence-electron chi connectivity index (χ4n) is 2.22. The highest BCUT2D eigenvalue weighted by Crippen LogP contribution is 2.29. The average Bonchev–Trinajstić information content (AvgIpc) is 3.10. The van der Waals surface area contributed by atoms with Crippen molar-refractivity contribution < 1.29 is 14.3 Å². The van der Waals surface area contributed by atoms with E-state index in [1.807, 2.05) is 29.6 Å². The highest BCUT2D eigenvalue weighted by molar-refractivity contribution is 9.10. The van der Waals surface area contributed by atoms with Gasteiger partial charge >= 0.3 is 0 Å². The van der Waals surface area contributed by atoms with Crippen molar-refractivity contribution in [3.63, 3.8) is 0 Å². The molecule has 1 heterocycles. The number of nitrogens with one attached hydrogen (secondary N) is 1. The van der Waals surface area contributed by atoms with E-state index in [1.54, 1.807) is 32.4 Å². The number of hydrogen-bond donors (Lipinski definition) is 1. The number of hydrogen-bond acceptors (Lipinski definition) is 5. The van der Waals surface area contributed by atoms with Gasteiger partial charge in [0.1, 0.15) is 11.5 Å². The van der Waals surface area contributed by atoms with Crippen LogP contribution in [0.4, 0.5) is 5.13 Å². The second-order valence-corrected chi connectivity index (χ2v) is 6.78. The maximum Gasteiger partial charge on any atom is 0.258 e. The second kappa shape index (κ2) is 7.67. The number of ether oxygens (including phenoxy) is 2. The van der Waals surface area contributed by atoms with Crippen molar-refractivity contribution in [1.82, 2.24) is 4.98 Å². The van der Waals surface area contributed by atoms with Crippen LogP contribution >= 0.6 is 27.3 Å². The zero-order valence-corrected chi connectivity index (χ0v) is 16.0. The standard InChI is InChI=1S/C18H15BrN2O3S/c1-23-12-5-3-4-11(8-12)16-10-25-18(20-16)21-17(22)14-9-13(24-2)6-7-15(14)19/h3-10H,1-2H3,(H,20,21,22). The quantitative estimate of drug-likeness (QED) is 0.643. The van der Waals surface area contributed by atoms with Crippen LogP contribution in [0.2, 0.25) is 0 Å². The van der Waals surface area contributed by atoms with Crippen LogP contribution < -0.4 is 14.8 Å². The van der Waals surface area contributed by atoms with E-state index >= 15 is 0 Å². The number of rotatable bonds is 5. The number of amides is 1. The van der Waals surface area contributed by atoms with Gasteiger partial charge in [0.25, 0.3) is 5.91 Å². The Labute approximate surface area is 157 Å². The smallest absolute Gasteiger partial charge is 0.258 e. The minimum absolute atomic E-state index is 0.252. The molecule has 0 aliphatic carbocycles. The van der Waals surface area contributed by atoms with E-state index in [4.69, 9.17) is 9.47 Å². The molecule has 3 rings (SSSR count). The summed E-state index contributed by atoms with van der Waals surface area (Å²) < 4.78 is 11.1. The third kappa shape index (κ3) is 4.00. The van der Waals surface area contributed by atoms with Gasteiger partial charge < -0.3 is 9.47 Å². The van der Waals surface area contributed by atoms with Crippen LogP contribution in [0.15, 0.2) is 52.3 Å². The van der Waals surface area contributed by atoms with Crippen molar-refractivity contribution in [2.24, 2.45) is 0 Å². The number of nitrogens with zero attached hydrogens (tertiary/aromatic N) is 1. The number of methoxy groups -OCH3 is 2. The molecule has 0 saturated carbocycles. The van der Waals surface area contributed by atoms with E-state index in [-0.39, 0.29) is 5.91 Å². The maximum atomic E-state index is 12.5. The molecule has 2 aromatic carbocycles. The van der Waals surface area contributed by atoms with Crippen LogP contribution in [0.5, 0.6) is 11.5 Å². The molecule has 1 aromatic heterocycles. The highest BCUT2D eigenvalue weighted by Gasteiger charge is 2.14. The van der Waals surface area contributed by atoms with Crippen molar-refractivity contribution >= 4 is 38.3 Å². The van der Waals surface area contributed by atoms with E-state index in [0.29, 0.717) is 20.9 Å². The minimum Gasteiger partial charge on any atom is -0.497 e. The number of thiazole rings is 1. The second-order valence-electron chi connectivity index (χ2n) is 5.07.